The number of anilines is 1. The summed E-state index contributed by atoms with van der Waals surface area (Å²) in [6, 6.07) is 6.64. The van der Waals surface area contributed by atoms with Crippen LogP contribution in [0.1, 0.15) is 5.56 Å². The van der Waals surface area contributed by atoms with E-state index in [1.807, 2.05) is 13.0 Å². The topological polar surface area (TPSA) is 56.2 Å². The Bertz CT molecular complexity index is 514. The second kappa shape index (κ2) is 2.62. The highest BCUT2D eigenvalue weighted by molar-refractivity contribution is 5.90. The van der Waals surface area contributed by atoms with Crippen molar-refractivity contribution in [3.05, 3.63) is 40.2 Å². The molecule has 0 saturated carbocycles. The Morgan fingerprint density at radius 3 is 2.77 bits per heavy atom. The highest BCUT2D eigenvalue weighted by Crippen LogP contribution is 2.22. The summed E-state index contributed by atoms with van der Waals surface area (Å²) in [5.41, 5.74) is 7.65. The Kier molecular flexibility index (Phi) is 1.59. The highest BCUT2D eigenvalue weighted by atomic mass is 16.4. The minimum absolute atomic E-state index is 0.351. The predicted molar refractivity (Wildman–Crippen MR) is 51.6 cm³/mol. The molecule has 2 N–H and O–H groups in total. The maximum atomic E-state index is 10.9. The van der Waals surface area contributed by atoms with Gasteiger partial charge in [-0.05, 0) is 24.6 Å². The zero-order valence-corrected chi connectivity index (χ0v) is 7.20. The van der Waals surface area contributed by atoms with Crippen LogP contribution in [-0.2, 0) is 0 Å². The van der Waals surface area contributed by atoms with E-state index in [1.165, 1.54) is 6.07 Å². The van der Waals surface area contributed by atoms with Crippen LogP contribution < -0.4 is 11.4 Å². The molecule has 0 fully saturated rings. The van der Waals surface area contributed by atoms with E-state index in [9.17, 15) is 4.79 Å². The smallest absolute Gasteiger partial charge is 0.336 e. The molecule has 0 aliphatic rings. The predicted octanol–water partition coefficient (Wildman–Crippen LogP) is 1.68. The highest BCUT2D eigenvalue weighted by Gasteiger charge is 2.02. The van der Waals surface area contributed by atoms with Gasteiger partial charge in [0.2, 0.25) is 0 Å². The van der Waals surface area contributed by atoms with E-state index in [4.69, 9.17) is 10.2 Å². The van der Waals surface area contributed by atoms with Gasteiger partial charge in [0.1, 0.15) is 5.58 Å². The fourth-order valence-corrected chi connectivity index (χ4v) is 1.28. The quantitative estimate of drug-likeness (QED) is 0.489. The Balaban J connectivity index is 2.95. The molecule has 2 aromatic rings. The van der Waals surface area contributed by atoms with E-state index in [0.717, 1.165) is 10.9 Å². The minimum atomic E-state index is -0.351. The summed E-state index contributed by atoms with van der Waals surface area (Å²) in [7, 11) is 0. The summed E-state index contributed by atoms with van der Waals surface area (Å²) in [6.45, 7) is 1.92. The third-order valence-electron chi connectivity index (χ3n) is 2.06. The van der Waals surface area contributed by atoms with Gasteiger partial charge in [0.05, 0.1) is 0 Å². The fraction of sp³-hybridized carbons (Fsp3) is 0.100. The monoisotopic (exact) mass is 175 g/mol. The van der Waals surface area contributed by atoms with Crippen LogP contribution >= 0.6 is 0 Å². The van der Waals surface area contributed by atoms with E-state index in [1.54, 1.807) is 12.1 Å². The number of nitrogen functional groups attached to an aromatic ring is 1. The summed E-state index contributed by atoms with van der Waals surface area (Å²) in [6.07, 6.45) is 0. The van der Waals surface area contributed by atoms with Gasteiger partial charge in [0, 0.05) is 17.1 Å². The van der Waals surface area contributed by atoms with Gasteiger partial charge in [-0.1, -0.05) is 6.07 Å². The zero-order chi connectivity index (χ0) is 9.42. The standard InChI is InChI=1S/C10H9NO2/c1-6-2-4-8-7(10(6)11)3-5-9(12)13-8/h2-5H,11H2,1H3. The molecule has 13 heavy (non-hydrogen) atoms. The number of benzene rings is 1. The molecule has 1 aromatic carbocycles. The normalized spacial score (nSPS) is 10.5. The largest absolute Gasteiger partial charge is 0.423 e. The van der Waals surface area contributed by atoms with Crippen LogP contribution in [0.3, 0.4) is 0 Å². The number of aryl methyl sites for hydroxylation is 1. The summed E-state index contributed by atoms with van der Waals surface area (Å²) in [4.78, 5) is 10.9. The van der Waals surface area contributed by atoms with Crippen LogP contribution in [0.25, 0.3) is 11.0 Å². The number of nitrogens with two attached hydrogens (primary N) is 1. The van der Waals surface area contributed by atoms with Gasteiger partial charge < -0.3 is 10.2 Å². The van der Waals surface area contributed by atoms with Crippen LogP contribution in [0.5, 0.6) is 0 Å². The summed E-state index contributed by atoms with van der Waals surface area (Å²) < 4.78 is 4.96. The second-order valence-corrected chi connectivity index (χ2v) is 2.96. The van der Waals surface area contributed by atoms with Gasteiger partial charge in [0.25, 0.3) is 0 Å². The molecule has 2 rings (SSSR count). The third-order valence-corrected chi connectivity index (χ3v) is 2.06. The molecule has 66 valence electrons. The van der Waals surface area contributed by atoms with Crippen LogP contribution in [0.4, 0.5) is 5.69 Å². The Morgan fingerprint density at radius 2 is 2.00 bits per heavy atom. The molecule has 0 bridgehead atoms. The zero-order valence-electron chi connectivity index (χ0n) is 7.20. The van der Waals surface area contributed by atoms with Gasteiger partial charge in [-0.3, -0.25) is 0 Å². The Hall–Kier alpha value is -1.77. The van der Waals surface area contributed by atoms with E-state index in [-0.39, 0.29) is 5.63 Å². The van der Waals surface area contributed by atoms with Crippen LogP contribution in [0, 0.1) is 6.92 Å². The second-order valence-electron chi connectivity index (χ2n) is 2.96. The number of hydrogen-bond donors (Lipinski definition) is 1. The average Bonchev–Trinajstić information content (AvgIpc) is 2.12. The third kappa shape index (κ3) is 1.18. The SMILES string of the molecule is Cc1ccc2oc(=O)ccc2c1N. The van der Waals surface area contributed by atoms with Gasteiger partial charge in [0.15, 0.2) is 0 Å². The molecule has 0 atom stereocenters. The summed E-state index contributed by atoms with van der Waals surface area (Å²) in [5, 5.41) is 0.791. The van der Waals surface area contributed by atoms with Gasteiger partial charge >= 0.3 is 5.63 Å². The van der Waals surface area contributed by atoms with Crippen molar-refractivity contribution < 1.29 is 4.42 Å². The van der Waals surface area contributed by atoms with E-state index < -0.39 is 0 Å². The van der Waals surface area contributed by atoms with Crippen molar-refractivity contribution in [2.75, 3.05) is 5.73 Å². The van der Waals surface area contributed by atoms with E-state index in [0.29, 0.717) is 11.3 Å². The molecule has 0 aliphatic carbocycles. The molecule has 0 unspecified atom stereocenters. The van der Waals surface area contributed by atoms with Gasteiger partial charge in [-0.2, -0.15) is 0 Å². The van der Waals surface area contributed by atoms with E-state index >= 15 is 0 Å². The maximum absolute atomic E-state index is 10.9. The molecule has 3 heteroatoms. The van der Waals surface area contributed by atoms with Crippen LogP contribution in [0.15, 0.2) is 33.5 Å². The fourth-order valence-electron chi connectivity index (χ4n) is 1.28. The first-order valence-corrected chi connectivity index (χ1v) is 3.97. The molecule has 0 aliphatic heterocycles. The number of fused-ring (bicyclic) bond motifs is 1. The lowest BCUT2D eigenvalue weighted by Crippen LogP contribution is -1.97. The minimum Gasteiger partial charge on any atom is -0.423 e. The molecular weight excluding hydrogens is 166 g/mol. The van der Waals surface area contributed by atoms with Gasteiger partial charge in [-0.25, -0.2) is 4.79 Å². The van der Waals surface area contributed by atoms with Crippen molar-refractivity contribution in [2.45, 2.75) is 6.92 Å². The van der Waals surface area contributed by atoms with Crippen molar-refractivity contribution in [3.63, 3.8) is 0 Å². The van der Waals surface area contributed by atoms with E-state index in [2.05, 4.69) is 0 Å². The Morgan fingerprint density at radius 1 is 1.23 bits per heavy atom. The molecular formula is C10H9NO2. The molecule has 0 amide bonds. The van der Waals surface area contributed by atoms with Crippen molar-refractivity contribution in [1.29, 1.82) is 0 Å². The number of hydrogen-bond acceptors (Lipinski definition) is 3. The van der Waals surface area contributed by atoms with Crippen LogP contribution in [0.2, 0.25) is 0 Å². The maximum Gasteiger partial charge on any atom is 0.336 e. The first kappa shape index (κ1) is 7.86. The number of rotatable bonds is 0. The first-order valence-electron chi connectivity index (χ1n) is 3.97. The Labute approximate surface area is 74.8 Å². The van der Waals surface area contributed by atoms with Crippen LogP contribution in [-0.4, -0.2) is 0 Å². The summed E-state index contributed by atoms with van der Waals surface area (Å²) >= 11 is 0. The average molecular weight is 175 g/mol. The van der Waals surface area contributed by atoms with Crippen molar-refractivity contribution in [3.8, 4) is 0 Å². The van der Waals surface area contributed by atoms with Gasteiger partial charge in [-0.15, -0.1) is 0 Å². The molecule has 0 radical (unpaired) electrons. The lowest BCUT2D eigenvalue weighted by atomic mass is 10.1. The molecule has 0 spiro atoms. The first-order chi connectivity index (χ1) is 6.18. The lowest BCUT2D eigenvalue weighted by Gasteiger charge is -2.02. The lowest BCUT2D eigenvalue weighted by molar-refractivity contribution is 0.561. The molecule has 3 nitrogen and oxygen atoms in total. The van der Waals surface area contributed by atoms with Crippen molar-refractivity contribution in [2.24, 2.45) is 0 Å². The molecule has 0 saturated heterocycles. The van der Waals surface area contributed by atoms with Crippen molar-refractivity contribution in [1.82, 2.24) is 0 Å². The molecule has 1 aromatic heterocycles. The molecule has 1 heterocycles. The van der Waals surface area contributed by atoms with Crippen molar-refractivity contribution >= 4 is 16.7 Å². The summed E-state index contributed by atoms with van der Waals surface area (Å²) in [5.74, 6) is 0.